The molecule has 1 aromatic rings. The van der Waals surface area contributed by atoms with Gasteiger partial charge >= 0.3 is 0 Å². The van der Waals surface area contributed by atoms with Crippen LogP contribution in [-0.2, 0) is 14.8 Å². The van der Waals surface area contributed by atoms with E-state index in [1.165, 1.54) is 31.2 Å². The van der Waals surface area contributed by atoms with Gasteiger partial charge in [0.25, 0.3) is 0 Å². The van der Waals surface area contributed by atoms with Gasteiger partial charge in [-0.2, -0.15) is 0 Å². The van der Waals surface area contributed by atoms with Crippen molar-refractivity contribution < 1.29 is 18.3 Å². The Morgan fingerprint density at radius 3 is 2.38 bits per heavy atom. The van der Waals surface area contributed by atoms with E-state index in [1.54, 1.807) is 6.92 Å². The molecule has 1 rings (SSSR count). The Labute approximate surface area is 124 Å². The van der Waals surface area contributed by atoms with Crippen molar-refractivity contribution in [2.75, 3.05) is 25.0 Å². The lowest BCUT2D eigenvalue weighted by atomic mass is 10.3. The largest absolute Gasteiger partial charge is 0.392 e. The Balaban J connectivity index is 2.52. The molecule has 0 aliphatic carbocycles. The SMILES string of the molecule is CC(=O)Nc1ccc(S(=O)(=O)NCCNCC(C)O)cc1. The van der Waals surface area contributed by atoms with Crippen LogP contribution in [0.3, 0.4) is 0 Å². The minimum Gasteiger partial charge on any atom is -0.392 e. The molecule has 4 N–H and O–H groups in total. The van der Waals surface area contributed by atoms with Crippen molar-refractivity contribution >= 4 is 21.6 Å². The van der Waals surface area contributed by atoms with Crippen LogP contribution in [0.15, 0.2) is 29.2 Å². The van der Waals surface area contributed by atoms with E-state index < -0.39 is 16.1 Å². The van der Waals surface area contributed by atoms with Gasteiger partial charge in [0.05, 0.1) is 11.0 Å². The lowest BCUT2D eigenvalue weighted by Crippen LogP contribution is -2.34. The van der Waals surface area contributed by atoms with Crippen LogP contribution in [0, 0.1) is 0 Å². The van der Waals surface area contributed by atoms with Gasteiger partial charge in [0.1, 0.15) is 0 Å². The average molecular weight is 315 g/mol. The normalized spacial score (nSPS) is 12.9. The van der Waals surface area contributed by atoms with Gasteiger partial charge in [-0.25, -0.2) is 13.1 Å². The molecule has 8 heteroatoms. The number of rotatable bonds is 8. The third kappa shape index (κ3) is 6.67. The van der Waals surface area contributed by atoms with Gasteiger partial charge in [-0.15, -0.1) is 0 Å². The Morgan fingerprint density at radius 2 is 1.86 bits per heavy atom. The molecule has 0 radical (unpaired) electrons. The third-order valence-corrected chi connectivity index (χ3v) is 4.00. The molecular formula is C13H21N3O4S. The van der Waals surface area contributed by atoms with E-state index >= 15 is 0 Å². The van der Waals surface area contributed by atoms with E-state index in [2.05, 4.69) is 15.4 Å². The van der Waals surface area contributed by atoms with E-state index in [0.29, 0.717) is 18.8 Å². The summed E-state index contributed by atoms with van der Waals surface area (Å²) in [7, 11) is -3.57. The highest BCUT2D eigenvalue weighted by Crippen LogP contribution is 2.13. The second kappa shape index (κ2) is 8.08. The number of nitrogens with one attached hydrogen (secondary N) is 3. The summed E-state index contributed by atoms with van der Waals surface area (Å²) in [6, 6.07) is 5.91. The summed E-state index contributed by atoms with van der Waals surface area (Å²) in [5, 5.41) is 14.5. The summed E-state index contributed by atoms with van der Waals surface area (Å²) < 4.78 is 26.4. The quantitative estimate of drug-likeness (QED) is 0.501. The highest BCUT2D eigenvalue weighted by molar-refractivity contribution is 7.89. The summed E-state index contributed by atoms with van der Waals surface area (Å²) in [5.74, 6) is -0.215. The first-order valence-electron chi connectivity index (χ1n) is 6.57. The van der Waals surface area contributed by atoms with E-state index in [1.807, 2.05) is 0 Å². The Hall–Kier alpha value is -1.48. The number of hydrogen-bond donors (Lipinski definition) is 4. The number of carbonyl (C=O) groups excluding carboxylic acids is 1. The number of amides is 1. The number of hydrogen-bond acceptors (Lipinski definition) is 5. The minimum absolute atomic E-state index is 0.132. The molecule has 21 heavy (non-hydrogen) atoms. The van der Waals surface area contributed by atoms with Crippen molar-refractivity contribution in [2.24, 2.45) is 0 Å². The monoisotopic (exact) mass is 315 g/mol. The van der Waals surface area contributed by atoms with Crippen LogP contribution in [0.25, 0.3) is 0 Å². The predicted octanol–water partition coefficient (Wildman–Crippen LogP) is -0.106. The maximum absolute atomic E-state index is 12.0. The number of aliphatic hydroxyl groups excluding tert-OH is 1. The summed E-state index contributed by atoms with van der Waals surface area (Å²) in [5.41, 5.74) is 0.542. The Kier molecular flexibility index (Phi) is 6.76. The van der Waals surface area contributed by atoms with E-state index in [0.717, 1.165) is 0 Å². The number of benzene rings is 1. The molecule has 0 saturated carbocycles. The highest BCUT2D eigenvalue weighted by Gasteiger charge is 2.13. The first-order valence-corrected chi connectivity index (χ1v) is 8.05. The first kappa shape index (κ1) is 17.6. The lowest BCUT2D eigenvalue weighted by molar-refractivity contribution is -0.114. The second-order valence-electron chi connectivity index (χ2n) is 4.66. The number of carbonyl (C=O) groups is 1. The van der Waals surface area contributed by atoms with Crippen LogP contribution in [-0.4, -0.2) is 45.2 Å². The fraction of sp³-hybridized carbons (Fsp3) is 0.462. The van der Waals surface area contributed by atoms with Crippen molar-refractivity contribution in [1.82, 2.24) is 10.0 Å². The van der Waals surface area contributed by atoms with Crippen molar-refractivity contribution in [3.05, 3.63) is 24.3 Å². The molecular weight excluding hydrogens is 294 g/mol. The zero-order valence-corrected chi connectivity index (χ0v) is 12.9. The minimum atomic E-state index is -3.57. The molecule has 1 aromatic carbocycles. The highest BCUT2D eigenvalue weighted by atomic mass is 32.2. The maximum atomic E-state index is 12.0. The van der Waals surface area contributed by atoms with Crippen LogP contribution >= 0.6 is 0 Å². The van der Waals surface area contributed by atoms with E-state index in [4.69, 9.17) is 5.11 Å². The summed E-state index contributed by atoms with van der Waals surface area (Å²) in [4.78, 5) is 11.0. The Bertz CT molecular complexity index is 555. The van der Waals surface area contributed by atoms with Crippen LogP contribution in [0.1, 0.15) is 13.8 Å². The molecule has 0 fully saturated rings. The molecule has 7 nitrogen and oxygen atoms in total. The number of aliphatic hydroxyl groups is 1. The lowest BCUT2D eigenvalue weighted by Gasteiger charge is -2.09. The molecule has 1 atom stereocenters. The fourth-order valence-corrected chi connectivity index (χ4v) is 2.62. The van der Waals surface area contributed by atoms with Gasteiger partial charge in [0, 0.05) is 32.2 Å². The van der Waals surface area contributed by atoms with Gasteiger partial charge < -0.3 is 15.7 Å². The van der Waals surface area contributed by atoms with Crippen LogP contribution in [0.2, 0.25) is 0 Å². The zero-order valence-electron chi connectivity index (χ0n) is 12.1. The number of sulfonamides is 1. The van der Waals surface area contributed by atoms with Gasteiger partial charge in [-0.3, -0.25) is 4.79 Å². The standard InChI is InChI=1S/C13H21N3O4S/c1-10(17)9-14-7-8-15-21(19,20)13-5-3-12(4-6-13)16-11(2)18/h3-6,10,14-15,17H,7-9H2,1-2H3,(H,16,18). The summed E-state index contributed by atoms with van der Waals surface area (Å²) in [6.07, 6.45) is -0.470. The molecule has 0 bridgehead atoms. The predicted molar refractivity (Wildman–Crippen MR) is 80.5 cm³/mol. The summed E-state index contributed by atoms with van der Waals surface area (Å²) in [6.45, 7) is 4.09. The van der Waals surface area contributed by atoms with Crippen LogP contribution in [0.4, 0.5) is 5.69 Å². The van der Waals surface area contributed by atoms with Crippen LogP contribution < -0.4 is 15.4 Å². The van der Waals surface area contributed by atoms with Crippen molar-refractivity contribution in [2.45, 2.75) is 24.8 Å². The second-order valence-corrected chi connectivity index (χ2v) is 6.42. The molecule has 1 unspecified atom stereocenters. The zero-order chi connectivity index (χ0) is 15.9. The molecule has 1 amide bonds. The topological polar surface area (TPSA) is 108 Å². The number of anilines is 1. The van der Waals surface area contributed by atoms with Crippen molar-refractivity contribution in [3.63, 3.8) is 0 Å². The van der Waals surface area contributed by atoms with Crippen molar-refractivity contribution in [3.8, 4) is 0 Å². The van der Waals surface area contributed by atoms with Gasteiger partial charge in [0.15, 0.2) is 0 Å². The molecule has 0 spiro atoms. The van der Waals surface area contributed by atoms with Gasteiger partial charge in [0.2, 0.25) is 15.9 Å². The molecule has 0 heterocycles. The van der Waals surface area contributed by atoms with Gasteiger partial charge in [-0.1, -0.05) is 0 Å². The maximum Gasteiger partial charge on any atom is 0.240 e. The molecule has 118 valence electrons. The molecule has 0 aliphatic rings. The van der Waals surface area contributed by atoms with E-state index in [-0.39, 0.29) is 17.3 Å². The van der Waals surface area contributed by atoms with Crippen LogP contribution in [0.5, 0.6) is 0 Å². The molecule has 0 aromatic heterocycles. The van der Waals surface area contributed by atoms with E-state index in [9.17, 15) is 13.2 Å². The molecule has 0 aliphatic heterocycles. The fourth-order valence-electron chi connectivity index (χ4n) is 1.59. The first-order chi connectivity index (χ1) is 9.81. The van der Waals surface area contributed by atoms with Crippen molar-refractivity contribution in [1.29, 1.82) is 0 Å². The average Bonchev–Trinajstić information content (AvgIpc) is 2.37. The van der Waals surface area contributed by atoms with Gasteiger partial charge in [-0.05, 0) is 31.2 Å². The summed E-state index contributed by atoms with van der Waals surface area (Å²) >= 11 is 0. The molecule has 0 saturated heterocycles. The Morgan fingerprint density at radius 1 is 1.24 bits per heavy atom. The smallest absolute Gasteiger partial charge is 0.240 e. The third-order valence-electron chi connectivity index (χ3n) is 2.52.